The van der Waals surface area contributed by atoms with Crippen LogP contribution in [0.3, 0.4) is 0 Å². The van der Waals surface area contributed by atoms with E-state index in [1.54, 1.807) is 12.1 Å². The second-order valence-corrected chi connectivity index (χ2v) is 9.57. The van der Waals surface area contributed by atoms with Crippen LogP contribution >= 0.6 is 0 Å². The van der Waals surface area contributed by atoms with Gasteiger partial charge in [0.15, 0.2) is 0 Å². The summed E-state index contributed by atoms with van der Waals surface area (Å²) in [5.41, 5.74) is 2.55. The molecule has 2 heterocycles. The number of fused-ring (bicyclic) bond motifs is 3. The van der Waals surface area contributed by atoms with Gasteiger partial charge in [0.1, 0.15) is 5.82 Å². The van der Waals surface area contributed by atoms with Gasteiger partial charge in [0, 0.05) is 17.8 Å². The van der Waals surface area contributed by atoms with Gasteiger partial charge in [-0.1, -0.05) is 26.8 Å². The Morgan fingerprint density at radius 1 is 1.17 bits per heavy atom. The number of pyridine rings is 1. The number of halogens is 1. The summed E-state index contributed by atoms with van der Waals surface area (Å²) in [7, 11) is 0. The Labute approximate surface area is 170 Å². The van der Waals surface area contributed by atoms with Crippen LogP contribution in [-0.2, 0) is 0 Å². The van der Waals surface area contributed by atoms with Crippen LogP contribution in [0, 0.1) is 22.6 Å². The summed E-state index contributed by atoms with van der Waals surface area (Å²) >= 11 is 0. The predicted molar refractivity (Wildman–Crippen MR) is 111 cm³/mol. The lowest BCUT2D eigenvalue weighted by molar-refractivity contribution is 0.0728. The highest BCUT2D eigenvalue weighted by molar-refractivity contribution is 5.95. The third kappa shape index (κ3) is 2.70. The fourth-order valence-electron chi connectivity index (χ4n) is 5.88. The van der Waals surface area contributed by atoms with Crippen molar-refractivity contribution < 1.29 is 9.18 Å². The molecule has 5 rings (SSSR count). The maximum Gasteiger partial charge on any atom is 0.287 e. The van der Waals surface area contributed by atoms with Crippen molar-refractivity contribution in [2.24, 2.45) is 16.7 Å². The fourth-order valence-corrected chi connectivity index (χ4v) is 5.88. The molecule has 1 aromatic carbocycles. The topological polar surface area (TPSA) is 46.4 Å². The van der Waals surface area contributed by atoms with E-state index in [9.17, 15) is 9.18 Å². The molecule has 0 spiro atoms. The molecule has 0 aliphatic heterocycles. The zero-order valence-electron chi connectivity index (χ0n) is 17.1. The summed E-state index contributed by atoms with van der Waals surface area (Å²) in [4.78, 5) is 18.1. The molecule has 2 aromatic heterocycles. The molecule has 1 N–H and O–H groups in total. The van der Waals surface area contributed by atoms with E-state index in [0.717, 1.165) is 17.5 Å². The van der Waals surface area contributed by atoms with Gasteiger partial charge in [0.25, 0.3) is 5.91 Å². The van der Waals surface area contributed by atoms with E-state index >= 15 is 0 Å². The first-order valence-corrected chi connectivity index (χ1v) is 10.3. The summed E-state index contributed by atoms with van der Waals surface area (Å²) in [6.45, 7) is 6.86. The number of carbonyl (C=O) groups is 1. The van der Waals surface area contributed by atoms with Gasteiger partial charge < -0.3 is 5.32 Å². The molecule has 2 saturated carbocycles. The summed E-state index contributed by atoms with van der Waals surface area (Å²) in [5, 5.41) is 3.34. The highest BCUT2D eigenvalue weighted by atomic mass is 19.1. The highest BCUT2D eigenvalue weighted by Crippen LogP contribution is 2.62. The Kier molecular flexibility index (Phi) is 3.89. The molecule has 2 fully saturated rings. The molecule has 0 radical (unpaired) electrons. The zero-order chi connectivity index (χ0) is 20.4. The molecule has 3 atom stereocenters. The van der Waals surface area contributed by atoms with Crippen molar-refractivity contribution in [3.63, 3.8) is 0 Å². The summed E-state index contributed by atoms with van der Waals surface area (Å²) in [6.07, 6.45) is 5.44. The monoisotopic (exact) mass is 391 g/mol. The SMILES string of the molecule is CC1(C)[C@@H]2CC[C@@](C)(C2)[C@H]1NC(=O)c1nc(-c2ccc(F)cc2)c2ccccn12. The van der Waals surface area contributed by atoms with Crippen molar-refractivity contribution in [2.45, 2.75) is 46.1 Å². The van der Waals surface area contributed by atoms with Gasteiger partial charge in [0.2, 0.25) is 5.82 Å². The van der Waals surface area contributed by atoms with Crippen molar-refractivity contribution >= 4 is 11.4 Å². The Balaban J connectivity index is 1.54. The molecule has 0 unspecified atom stereocenters. The molecular weight excluding hydrogens is 365 g/mol. The van der Waals surface area contributed by atoms with E-state index in [4.69, 9.17) is 4.98 Å². The van der Waals surface area contributed by atoms with Crippen LogP contribution in [0.25, 0.3) is 16.8 Å². The first-order valence-electron chi connectivity index (χ1n) is 10.3. The molecule has 2 aliphatic carbocycles. The number of carbonyl (C=O) groups excluding carboxylic acids is 1. The van der Waals surface area contributed by atoms with Crippen LogP contribution in [0.4, 0.5) is 4.39 Å². The van der Waals surface area contributed by atoms with Crippen LogP contribution in [0.2, 0.25) is 0 Å². The molecule has 2 aliphatic rings. The number of hydrogen-bond donors (Lipinski definition) is 1. The quantitative estimate of drug-likeness (QED) is 0.676. The van der Waals surface area contributed by atoms with Crippen molar-refractivity contribution in [3.8, 4) is 11.3 Å². The third-order valence-electron chi connectivity index (χ3n) is 7.41. The first kappa shape index (κ1) is 18.3. The molecule has 2 bridgehead atoms. The summed E-state index contributed by atoms with van der Waals surface area (Å²) < 4.78 is 15.2. The largest absolute Gasteiger partial charge is 0.346 e. The number of benzene rings is 1. The molecule has 3 aromatic rings. The molecule has 5 heteroatoms. The van der Waals surface area contributed by atoms with Gasteiger partial charge >= 0.3 is 0 Å². The zero-order valence-corrected chi connectivity index (χ0v) is 17.1. The number of imidazole rings is 1. The van der Waals surface area contributed by atoms with Gasteiger partial charge in [-0.25, -0.2) is 9.37 Å². The van der Waals surface area contributed by atoms with Crippen LogP contribution in [0.15, 0.2) is 48.7 Å². The second kappa shape index (κ2) is 6.15. The third-order valence-corrected chi connectivity index (χ3v) is 7.41. The van der Waals surface area contributed by atoms with E-state index in [2.05, 4.69) is 26.1 Å². The number of nitrogens with zero attached hydrogens (tertiary/aromatic N) is 2. The standard InChI is InChI=1S/C24H26FN3O/c1-23(2)16-11-12-24(3,14-16)22(23)27-21(29)20-26-19(15-7-9-17(25)10-8-15)18-6-4-5-13-28(18)20/h4-10,13,16,22H,11-12,14H2,1-3H3,(H,27,29)/t16-,22+,24+/m1/s1. The minimum absolute atomic E-state index is 0.0789. The minimum atomic E-state index is -0.290. The van der Waals surface area contributed by atoms with Gasteiger partial charge in [-0.05, 0) is 72.4 Å². The lowest BCUT2D eigenvalue weighted by atomic mass is 9.68. The Bertz CT molecular complexity index is 1100. The molecular formula is C24H26FN3O. The Hall–Kier alpha value is -2.69. The Morgan fingerprint density at radius 3 is 2.62 bits per heavy atom. The maximum absolute atomic E-state index is 13.4. The smallest absolute Gasteiger partial charge is 0.287 e. The number of rotatable bonds is 3. The van der Waals surface area contributed by atoms with Crippen molar-refractivity contribution in [1.82, 2.24) is 14.7 Å². The van der Waals surface area contributed by atoms with E-state index in [-0.39, 0.29) is 28.6 Å². The predicted octanol–water partition coefficient (Wildman–Crippen LogP) is 5.09. The van der Waals surface area contributed by atoms with Gasteiger partial charge in [0.05, 0.1) is 11.2 Å². The van der Waals surface area contributed by atoms with Crippen LogP contribution in [-0.4, -0.2) is 21.3 Å². The van der Waals surface area contributed by atoms with E-state index in [0.29, 0.717) is 17.4 Å². The van der Waals surface area contributed by atoms with E-state index < -0.39 is 0 Å². The van der Waals surface area contributed by atoms with Gasteiger partial charge in [-0.2, -0.15) is 0 Å². The van der Waals surface area contributed by atoms with E-state index in [1.807, 2.05) is 28.8 Å². The molecule has 0 saturated heterocycles. The minimum Gasteiger partial charge on any atom is -0.346 e. The van der Waals surface area contributed by atoms with Gasteiger partial charge in [-0.3, -0.25) is 9.20 Å². The fraction of sp³-hybridized carbons (Fsp3) is 0.417. The Morgan fingerprint density at radius 2 is 1.93 bits per heavy atom. The number of amides is 1. The number of nitrogens with one attached hydrogen (secondary N) is 1. The van der Waals surface area contributed by atoms with Crippen molar-refractivity contribution in [3.05, 3.63) is 60.3 Å². The molecule has 1 amide bonds. The van der Waals surface area contributed by atoms with Crippen molar-refractivity contribution in [2.75, 3.05) is 0 Å². The summed E-state index contributed by atoms with van der Waals surface area (Å²) in [5.74, 6) is 0.597. The van der Waals surface area contributed by atoms with Crippen molar-refractivity contribution in [1.29, 1.82) is 0 Å². The van der Waals surface area contributed by atoms with E-state index in [1.165, 1.54) is 25.0 Å². The van der Waals surface area contributed by atoms with Gasteiger partial charge in [-0.15, -0.1) is 0 Å². The number of hydrogen-bond acceptors (Lipinski definition) is 2. The average Bonchev–Trinajstić information content (AvgIpc) is 3.33. The van der Waals surface area contributed by atoms with Crippen LogP contribution in [0.5, 0.6) is 0 Å². The highest BCUT2D eigenvalue weighted by Gasteiger charge is 2.59. The second-order valence-electron chi connectivity index (χ2n) is 9.57. The molecule has 150 valence electrons. The normalized spacial score (nSPS) is 27.4. The first-order chi connectivity index (χ1) is 13.8. The lowest BCUT2D eigenvalue weighted by Gasteiger charge is -2.42. The van der Waals surface area contributed by atoms with Crippen LogP contribution in [0.1, 0.15) is 50.7 Å². The number of aromatic nitrogens is 2. The molecule has 4 nitrogen and oxygen atoms in total. The molecule has 29 heavy (non-hydrogen) atoms. The van der Waals surface area contributed by atoms with Crippen LogP contribution < -0.4 is 5.32 Å². The summed E-state index contributed by atoms with van der Waals surface area (Å²) in [6, 6.07) is 12.1. The average molecular weight is 391 g/mol. The maximum atomic E-state index is 13.4. The lowest BCUT2D eigenvalue weighted by Crippen LogP contribution is -2.52.